The molecule has 0 aromatic heterocycles. The first-order valence-corrected chi connectivity index (χ1v) is 8.83. The summed E-state index contributed by atoms with van der Waals surface area (Å²) in [6, 6.07) is 18.9. The maximum atomic E-state index is 12.5. The van der Waals surface area contributed by atoms with Crippen molar-refractivity contribution in [2.24, 2.45) is 5.10 Å². The van der Waals surface area contributed by atoms with Crippen LogP contribution in [0.25, 0.3) is 10.8 Å². The molecule has 0 saturated carbocycles. The first kappa shape index (κ1) is 17.9. The van der Waals surface area contributed by atoms with Gasteiger partial charge in [-0.25, -0.2) is 5.43 Å². The lowest BCUT2D eigenvalue weighted by molar-refractivity contribution is 0.0957. The average Bonchev–Trinajstić information content (AvgIpc) is 2.67. The molecule has 0 fully saturated rings. The Morgan fingerprint density at radius 3 is 2.81 bits per heavy atom. The van der Waals surface area contributed by atoms with Gasteiger partial charge < -0.3 is 4.74 Å². The van der Waals surface area contributed by atoms with E-state index in [4.69, 9.17) is 4.74 Å². The Kier molecular flexibility index (Phi) is 5.81. The van der Waals surface area contributed by atoms with E-state index < -0.39 is 0 Å². The normalized spacial score (nSPS) is 10.8. The van der Waals surface area contributed by atoms with Gasteiger partial charge in [-0.3, -0.25) is 4.79 Å². The van der Waals surface area contributed by atoms with Gasteiger partial charge in [-0.1, -0.05) is 65.0 Å². The lowest BCUT2D eigenvalue weighted by Gasteiger charge is -2.08. The van der Waals surface area contributed by atoms with E-state index in [-0.39, 0.29) is 5.91 Å². The van der Waals surface area contributed by atoms with Crippen molar-refractivity contribution in [1.29, 1.82) is 0 Å². The van der Waals surface area contributed by atoms with Crippen LogP contribution in [-0.4, -0.2) is 18.7 Å². The molecule has 4 nitrogen and oxygen atoms in total. The van der Waals surface area contributed by atoms with Gasteiger partial charge in [0.1, 0.15) is 12.4 Å². The minimum atomic E-state index is -0.262. The van der Waals surface area contributed by atoms with Crippen molar-refractivity contribution in [2.75, 3.05) is 6.61 Å². The number of ether oxygens (including phenoxy) is 1. The number of carbonyl (C=O) groups is 1. The number of nitrogens with zero attached hydrogens (tertiary/aromatic N) is 1. The number of hydrogen-bond donors (Lipinski definition) is 1. The van der Waals surface area contributed by atoms with Gasteiger partial charge in [0.2, 0.25) is 0 Å². The average molecular weight is 409 g/mol. The monoisotopic (exact) mass is 408 g/mol. The first-order chi connectivity index (χ1) is 12.7. The summed E-state index contributed by atoms with van der Waals surface area (Å²) in [5.74, 6) is 0.401. The van der Waals surface area contributed by atoms with E-state index >= 15 is 0 Å². The molecule has 3 aromatic rings. The van der Waals surface area contributed by atoms with Crippen LogP contribution in [0.3, 0.4) is 0 Å². The Morgan fingerprint density at radius 2 is 1.96 bits per heavy atom. The number of nitrogens with one attached hydrogen (secondary N) is 1. The van der Waals surface area contributed by atoms with Gasteiger partial charge in [-0.2, -0.15) is 5.10 Å². The first-order valence-electron chi connectivity index (χ1n) is 8.03. The number of amides is 1. The molecule has 1 N–H and O–H groups in total. The molecule has 3 rings (SSSR count). The van der Waals surface area contributed by atoms with Crippen LogP contribution < -0.4 is 10.2 Å². The summed E-state index contributed by atoms with van der Waals surface area (Å²) in [5, 5.41) is 5.98. The molecular weight excluding hydrogens is 392 g/mol. The summed E-state index contributed by atoms with van der Waals surface area (Å²) in [7, 11) is 0. The molecule has 3 aromatic carbocycles. The van der Waals surface area contributed by atoms with Crippen LogP contribution in [0.5, 0.6) is 5.75 Å². The highest BCUT2D eigenvalue weighted by Crippen LogP contribution is 2.22. The second-order valence-corrected chi connectivity index (χ2v) is 6.42. The fourth-order valence-electron chi connectivity index (χ4n) is 2.54. The topological polar surface area (TPSA) is 50.7 Å². The molecule has 0 radical (unpaired) electrons. The zero-order valence-electron chi connectivity index (χ0n) is 14.0. The second kappa shape index (κ2) is 8.45. The fraction of sp³-hybridized carbons (Fsp3) is 0.0476. The standard InChI is InChI=1S/C21H17BrN2O2/c1-2-12-26-20-11-10-17(22)13-16(20)14-23-24-21(25)19-9-5-7-15-6-3-4-8-18(15)19/h2-11,13-14H,1,12H2,(H,24,25)/b23-14-. The molecule has 0 spiro atoms. The van der Waals surface area contributed by atoms with Crippen molar-refractivity contribution in [3.63, 3.8) is 0 Å². The van der Waals surface area contributed by atoms with Gasteiger partial charge in [-0.05, 0) is 35.0 Å². The third-order valence-electron chi connectivity index (χ3n) is 3.73. The van der Waals surface area contributed by atoms with Crippen molar-refractivity contribution < 1.29 is 9.53 Å². The number of halogens is 1. The fourth-order valence-corrected chi connectivity index (χ4v) is 2.92. The number of hydrazone groups is 1. The summed E-state index contributed by atoms with van der Waals surface area (Å²) in [6.07, 6.45) is 3.23. The number of fused-ring (bicyclic) bond motifs is 1. The van der Waals surface area contributed by atoms with Gasteiger partial charge in [0.25, 0.3) is 5.91 Å². The zero-order chi connectivity index (χ0) is 18.4. The van der Waals surface area contributed by atoms with E-state index in [0.717, 1.165) is 20.8 Å². The van der Waals surface area contributed by atoms with Crippen molar-refractivity contribution in [3.05, 3.63) is 88.9 Å². The maximum Gasteiger partial charge on any atom is 0.271 e. The smallest absolute Gasteiger partial charge is 0.271 e. The summed E-state index contributed by atoms with van der Waals surface area (Å²) in [4.78, 5) is 12.5. The Labute approximate surface area is 160 Å². The van der Waals surface area contributed by atoms with Crippen LogP contribution in [0.2, 0.25) is 0 Å². The number of carbonyl (C=O) groups excluding carboxylic acids is 1. The van der Waals surface area contributed by atoms with Crippen LogP contribution in [0.1, 0.15) is 15.9 Å². The lowest BCUT2D eigenvalue weighted by Crippen LogP contribution is -2.18. The number of hydrogen-bond acceptors (Lipinski definition) is 3. The third kappa shape index (κ3) is 4.18. The van der Waals surface area contributed by atoms with E-state index in [2.05, 4.69) is 33.0 Å². The van der Waals surface area contributed by atoms with Crippen LogP contribution in [0.15, 0.2) is 82.9 Å². The van der Waals surface area contributed by atoms with E-state index in [0.29, 0.717) is 17.9 Å². The Balaban J connectivity index is 1.79. The van der Waals surface area contributed by atoms with Gasteiger partial charge in [0.05, 0.1) is 6.21 Å². The largest absolute Gasteiger partial charge is 0.489 e. The molecule has 130 valence electrons. The van der Waals surface area contributed by atoms with Crippen LogP contribution in [-0.2, 0) is 0 Å². The molecule has 0 bridgehead atoms. The van der Waals surface area contributed by atoms with Gasteiger partial charge in [0, 0.05) is 15.6 Å². The van der Waals surface area contributed by atoms with Gasteiger partial charge >= 0.3 is 0 Å². The molecule has 1 amide bonds. The predicted octanol–water partition coefficient (Wildman–Crippen LogP) is 4.93. The predicted molar refractivity (Wildman–Crippen MR) is 109 cm³/mol. The quantitative estimate of drug-likeness (QED) is 0.357. The summed E-state index contributed by atoms with van der Waals surface area (Å²) in [6.45, 7) is 4.04. The molecule has 0 aliphatic carbocycles. The molecule has 0 saturated heterocycles. The molecule has 5 heteroatoms. The second-order valence-electron chi connectivity index (χ2n) is 5.51. The molecule has 0 unspecified atom stereocenters. The van der Waals surface area contributed by atoms with E-state index in [1.807, 2.05) is 54.6 Å². The summed E-state index contributed by atoms with van der Waals surface area (Å²) >= 11 is 3.42. The minimum absolute atomic E-state index is 0.262. The SMILES string of the molecule is C=CCOc1ccc(Br)cc1/C=N\NC(=O)c1cccc2ccccc12. The van der Waals surface area contributed by atoms with Crippen molar-refractivity contribution in [1.82, 2.24) is 5.43 Å². The number of rotatable bonds is 6. The van der Waals surface area contributed by atoms with Crippen molar-refractivity contribution in [3.8, 4) is 5.75 Å². The Bertz CT molecular complexity index is 977. The summed E-state index contributed by atoms with van der Waals surface area (Å²) < 4.78 is 6.49. The van der Waals surface area contributed by atoms with E-state index in [9.17, 15) is 4.79 Å². The zero-order valence-corrected chi connectivity index (χ0v) is 15.6. The Morgan fingerprint density at radius 1 is 1.15 bits per heavy atom. The van der Waals surface area contributed by atoms with Crippen LogP contribution in [0.4, 0.5) is 0 Å². The van der Waals surface area contributed by atoms with E-state index in [1.54, 1.807) is 18.4 Å². The van der Waals surface area contributed by atoms with Crippen molar-refractivity contribution in [2.45, 2.75) is 0 Å². The van der Waals surface area contributed by atoms with Crippen LogP contribution in [0, 0.1) is 0 Å². The van der Waals surface area contributed by atoms with Crippen LogP contribution >= 0.6 is 15.9 Å². The van der Waals surface area contributed by atoms with Gasteiger partial charge in [-0.15, -0.1) is 0 Å². The number of benzene rings is 3. The van der Waals surface area contributed by atoms with Gasteiger partial charge in [0.15, 0.2) is 0 Å². The van der Waals surface area contributed by atoms with E-state index in [1.165, 1.54) is 0 Å². The lowest BCUT2D eigenvalue weighted by atomic mass is 10.0. The maximum absolute atomic E-state index is 12.5. The molecule has 26 heavy (non-hydrogen) atoms. The molecule has 0 aliphatic rings. The summed E-state index contributed by atoms with van der Waals surface area (Å²) in [5.41, 5.74) is 3.91. The highest BCUT2D eigenvalue weighted by atomic mass is 79.9. The molecule has 0 atom stereocenters. The van der Waals surface area contributed by atoms with Crippen molar-refractivity contribution >= 4 is 38.8 Å². The third-order valence-corrected chi connectivity index (χ3v) is 4.23. The highest BCUT2D eigenvalue weighted by Gasteiger charge is 2.08. The highest BCUT2D eigenvalue weighted by molar-refractivity contribution is 9.10. The molecular formula is C21H17BrN2O2. The molecule has 0 heterocycles. The molecule has 0 aliphatic heterocycles. The minimum Gasteiger partial charge on any atom is -0.489 e. The Hall–Kier alpha value is -2.92.